The van der Waals surface area contributed by atoms with Gasteiger partial charge in [0.25, 0.3) is 0 Å². The van der Waals surface area contributed by atoms with Gasteiger partial charge in [-0.2, -0.15) is 0 Å². The van der Waals surface area contributed by atoms with Gasteiger partial charge in [0.15, 0.2) is 6.29 Å². The Morgan fingerprint density at radius 2 is 2.25 bits per heavy atom. The first kappa shape index (κ1) is 9.46. The largest absolute Gasteiger partial charge is 0.358 e. The molecule has 0 radical (unpaired) electrons. The van der Waals surface area contributed by atoms with Gasteiger partial charge in [0.2, 0.25) is 0 Å². The summed E-state index contributed by atoms with van der Waals surface area (Å²) in [7, 11) is 0. The number of carbonyl (C=O) groups excluding carboxylic acids is 1. The summed E-state index contributed by atoms with van der Waals surface area (Å²) in [5.41, 5.74) is 1.16. The van der Waals surface area contributed by atoms with Crippen LogP contribution in [0, 0.1) is 0 Å². The summed E-state index contributed by atoms with van der Waals surface area (Å²) in [4.78, 5) is 10.3. The van der Waals surface area contributed by atoms with Crippen molar-refractivity contribution in [3.05, 3.63) is 11.6 Å². The van der Waals surface area contributed by atoms with Crippen LogP contribution in [0.2, 0.25) is 0 Å². The molecule has 1 heterocycles. The van der Waals surface area contributed by atoms with E-state index < -0.39 is 0 Å². The van der Waals surface area contributed by atoms with E-state index in [1.807, 2.05) is 6.92 Å². The van der Waals surface area contributed by atoms with Gasteiger partial charge < -0.3 is 9.53 Å². The Hall–Kier alpha value is -0.630. The van der Waals surface area contributed by atoms with Gasteiger partial charge in [-0.15, -0.1) is 0 Å². The molecular formula is C10H16O2. The number of hydrogen-bond acceptors (Lipinski definition) is 2. The summed E-state index contributed by atoms with van der Waals surface area (Å²) >= 11 is 0. The van der Waals surface area contributed by atoms with Gasteiger partial charge in [-0.3, -0.25) is 0 Å². The molecule has 1 rings (SSSR count). The van der Waals surface area contributed by atoms with Crippen molar-refractivity contribution in [1.29, 1.82) is 0 Å². The van der Waals surface area contributed by atoms with Crippen LogP contribution in [-0.2, 0) is 9.53 Å². The smallest absolute Gasteiger partial charge is 0.151 e. The molecule has 0 bridgehead atoms. The maximum atomic E-state index is 10.3. The lowest BCUT2D eigenvalue weighted by Crippen LogP contribution is -2.09. The third-order valence-corrected chi connectivity index (χ3v) is 2.26. The van der Waals surface area contributed by atoms with E-state index in [2.05, 4.69) is 19.9 Å². The van der Waals surface area contributed by atoms with Gasteiger partial charge in [-0.1, -0.05) is 11.6 Å². The number of aldehydes is 1. The molecular weight excluding hydrogens is 152 g/mol. The molecule has 12 heavy (non-hydrogen) atoms. The Labute approximate surface area is 73.6 Å². The maximum absolute atomic E-state index is 10.3. The Bertz CT molecular complexity index is 204. The van der Waals surface area contributed by atoms with Crippen LogP contribution >= 0.6 is 0 Å². The monoisotopic (exact) mass is 168 g/mol. The molecule has 0 N–H and O–H groups in total. The third kappa shape index (κ3) is 2.18. The van der Waals surface area contributed by atoms with E-state index in [4.69, 9.17) is 4.74 Å². The average molecular weight is 168 g/mol. The standard InChI is InChI=1S/C10H16O2/c1-8(2)5-4-6-10(3)9(7-11)12-10/h5,7,9H,4,6H2,1-3H3. The topological polar surface area (TPSA) is 29.6 Å². The molecule has 2 nitrogen and oxygen atoms in total. The normalized spacial score (nSPS) is 32.8. The lowest BCUT2D eigenvalue weighted by atomic mass is 10.0. The average Bonchev–Trinajstić information content (AvgIpc) is 2.61. The quantitative estimate of drug-likeness (QED) is 0.365. The van der Waals surface area contributed by atoms with Crippen LogP contribution < -0.4 is 0 Å². The van der Waals surface area contributed by atoms with Crippen molar-refractivity contribution in [1.82, 2.24) is 0 Å². The Morgan fingerprint density at radius 1 is 1.58 bits per heavy atom. The van der Waals surface area contributed by atoms with Crippen LogP contribution in [0.15, 0.2) is 11.6 Å². The predicted molar refractivity (Wildman–Crippen MR) is 48.0 cm³/mol. The molecule has 0 saturated carbocycles. The minimum absolute atomic E-state index is 0.150. The fraction of sp³-hybridized carbons (Fsp3) is 0.700. The second-order valence-electron chi connectivity index (χ2n) is 3.81. The zero-order chi connectivity index (χ0) is 9.19. The van der Waals surface area contributed by atoms with Gasteiger partial charge in [0.05, 0.1) is 5.60 Å². The summed E-state index contributed by atoms with van der Waals surface area (Å²) < 4.78 is 5.24. The molecule has 0 aromatic rings. The van der Waals surface area contributed by atoms with Gasteiger partial charge in [0.1, 0.15) is 6.10 Å². The van der Waals surface area contributed by atoms with Crippen molar-refractivity contribution >= 4 is 6.29 Å². The van der Waals surface area contributed by atoms with Crippen LogP contribution in [0.25, 0.3) is 0 Å². The van der Waals surface area contributed by atoms with Crippen molar-refractivity contribution in [2.75, 3.05) is 0 Å². The number of carbonyl (C=O) groups is 1. The van der Waals surface area contributed by atoms with Crippen LogP contribution in [0.1, 0.15) is 33.6 Å². The van der Waals surface area contributed by atoms with Gasteiger partial charge >= 0.3 is 0 Å². The third-order valence-electron chi connectivity index (χ3n) is 2.26. The van der Waals surface area contributed by atoms with E-state index in [0.717, 1.165) is 19.1 Å². The Balaban J connectivity index is 2.25. The number of allylic oxidation sites excluding steroid dienone is 2. The summed E-state index contributed by atoms with van der Waals surface area (Å²) in [5.74, 6) is 0. The van der Waals surface area contributed by atoms with E-state index >= 15 is 0 Å². The van der Waals surface area contributed by atoms with Crippen molar-refractivity contribution in [3.63, 3.8) is 0 Å². The summed E-state index contributed by atoms with van der Waals surface area (Å²) in [6.45, 7) is 6.14. The highest BCUT2D eigenvalue weighted by molar-refractivity contribution is 5.62. The lowest BCUT2D eigenvalue weighted by molar-refractivity contribution is -0.108. The first-order chi connectivity index (χ1) is 5.58. The molecule has 0 aliphatic carbocycles. The molecule has 0 aromatic carbocycles. The molecule has 0 amide bonds. The zero-order valence-electron chi connectivity index (χ0n) is 7.96. The second kappa shape index (κ2) is 3.40. The summed E-state index contributed by atoms with van der Waals surface area (Å²) in [5, 5.41) is 0. The fourth-order valence-corrected chi connectivity index (χ4v) is 1.28. The van der Waals surface area contributed by atoms with Crippen LogP contribution in [-0.4, -0.2) is 18.0 Å². The van der Waals surface area contributed by atoms with Crippen molar-refractivity contribution in [2.24, 2.45) is 0 Å². The van der Waals surface area contributed by atoms with Crippen molar-refractivity contribution in [2.45, 2.75) is 45.3 Å². The highest BCUT2D eigenvalue weighted by Crippen LogP contribution is 2.38. The Morgan fingerprint density at radius 3 is 2.67 bits per heavy atom. The molecule has 2 atom stereocenters. The van der Waals surface area contributed by atoms with Crippen LogP contribution in [0.4, 0.5) is 0 Å². The highest BCUT2D eigenvalue weighted by Gasteiger charge is 2.51. The van der Waals surface area contributed by atoms with Crippen molar-refractivity contribution in [3.8, 4) is 0 Å². The highest BCUT2D eigenvalue weighted by atomic mass is 16.6. The predicted octanol–water partition coefficient (Wildman–Crippen LogP) is 2.09. The number of rotatable bonds is 4. The first-order valence-corrected chi connectivity index (χ1v) is 4.35. The maximum Gasteiger partial charge on any atom is 0.151 e. The molecule has 1 fully saturated rings. The van der Waals surface area contributed by atoms with Gasteiger partial charge in [-0.25, -0.2) is 0 Å². The fourth-order valence-electron chi connectivity index (χ4n) is 1.28. The Kier molecular flexibility index (Phi) is 2.68. The molecule has 1 aliphatic rings. The number of hydrogen-bond donors (Lipinski definition) is 0. The van der Waals surface area contributed by atoms with E-state index in [-0.39, 0.29) is 11.7 Å². The molecule has 1 aliphatic heterocycles. The molecule has 1 saturated heterocycles. The zero-order valence-corrected chi connectivity index (χ0v) is 7.96. The van der Waals surface area contributed by atoms with E-state index in [1.165, 1.54) is 5.57 Å². The molecule has 2 unspecified atom stereocenters. The van der Waals surface area contributed by atoms with E-state index in [0.29, 0.717) is 0 Å². The van der Waals surface area contributed by atoms with Crippen LogP contribution in [0.3, 0.4) is 0 Å². The molecule has 0 spiro atoms. The lowest BCUT2D eigenvalue weighted by Gasteiger charge is -2.01. The second-order valence-corrected chi connectivity index (χ2v) is 3.81. The van der Waals surface area contributed by atoms with Crippen LogP contribution in [0.5, 0.6) is 0 Å². The molecule has 2 heteroatoms. The van der Waals surface area contributed by atoms with E-state index in [1.54, 1.807) is 0 Å². The number of epoxide rings is 1. The first-order valence-electron chi connectivity index (χ1n) is 4.35. The summed E-state index contributed by atoms with van der Waals surface area (Å²) in [6.07, 6.45) is 4.87. The number of ether oxygens (including phenoxy) is 1. The van der Waals surface area contributed by atoms with Gasteiger partial charge in [-0.05, 0) is 33.6 Å². The minimum atomic E-state index is -0.159. The minimum Gasteiger partial charge on any atom is -0.358 e. The SMILES string of the molecule is CC(C)=CCCC1(C)OC1C=O. The molecule has 0 aromatic heterocycles. The van der Waals surface area contributed by atoms with E-state index in [9.17, 15) is 4.79 Å². The van der Waals surface area contributed by atoms with Crippen molar-refractivity contribution < 1.29 is 9.53 Å². The van der Waals surface area contributed by atoms with Gasteiger partial charge in [0, 0.05) is 0 Å². The molecule has 68 valence electrons. The summed E-state index contributed by atoms with van der Waals surface area (Å²) in [6, 6.07) is 0.